The van der Waals surface area contributed by atoms with Gasteiger partial charge >= 0.3 is 5.97 Å². The molecule has 110 valence electrons. The molecule has 0 aliphatic heterocycles. The van der Waals surface area contributed by atoms with E-state index in [0.29, 0.717) is 6.54 Å². The number of hydrogen-bond acceptors (Lipinski definition) is 3. The molecule has 0 bridgehead atoms. The van der Waals surface area contributed by atoms with Crippen molar-refractivity contribution < 1.29 is 9.53 Å². The molecule has 0 aliphatic rings. The van der Waals surface area contributed by atoms with Crippen LogP contribution < -0.4 is 0 Å². The molecule has 2 rings (SSSR count). The number of hydrogen-bond donors (Lipinski definition) is 0. The zero-order valence-corrected chi connectivity index (χ0v) is 12.6. The first-order valence-electron chi connectivity index (χ1n) is 7.06. The third-order valence-electron chi connectivity index (χ3n) is 3.36. The Morgan fingerprint density at radius 1 is 0.952 bits per heavy atom. The normalized spacial score (nSPS) is 10.6. The average Bonchev–Trinajstić information content (AvgIpc) is 2.50. The Balaban J connectivity index is 2.07. The molecule has 0 spiro atoms. The zero-order chi connectivity index (χ0) is 15.1. The Labute approximate surface area is 126 Å². The second kappa shape index (κ2) is 7.60. The summed E-state index contributed by atoms with van der Waals surface area (Å²) in [6.45, 7) is 3.81. The Kier molecular flexibility index (Phi) is 5.52. The minimum Gasteiger partial charge on any atom is -0.468 e. The van der Waals surface area contributed by atoms with Gasteiger partial charge in [0.25, 0.3) is 0 Å². The van der Waals surface area contributed by atoms with Crippen LogP contribution in [0, 0.1) is 6.92 Å². The summed E-state index contributed by atoms with van der Waals surface area (Å²) in [6.07, 6.45) is 0. The van der Waals surface area contributed by atoms with Crippen LogP contribution in [0.2, 0.25) is 0 Å². The molecule has 2 aromatic rings. The minimum atomic E-state index is -0.210. The average molecular weight is 283 g/mol. The van der Waals surface area contributed by atoms with E-state index in [2.05, 4.69) is 48.2 Å². The van der Waals surface area contributed by atoms with Crippen molar-refractivity contribution in [3.63, 3.8) is 0 Å². The van der Waals surface area contributed by atoms with Crippen LogP contribution in [0.4, 0.5) is 0 Å². The Hall–Kier alpha value is -2.13. The first-order chi connectivity index (χ1) is 10.2. The van der Waals surface area contributed by atoms with Gasteiger partial charge in [-0.25, -0.2) is 0 Å². The molecule has 0 heterocycles. The summed E-state index contributed by atoms with van der Waals surface area (Å²) >= 11 is 0. The molecule has 3 nitrogen and oxygen atoms in total. The quantitative estimate of drug-likeness (QED) is 0.763. The highest BCUT2D eigenvalue weighted by atomic mass is 16.5. The highest BCUT2D eigenvalue weighted by Crippen LogP contribution is 2.11. The second-order valence-electron chi connectivity index (χ2n) is 5.19. The number of ether oxygens (including phenoxy) is 1. The van der Waals surface area contributed by atoms with Crippen LogP contribution in [0.15, 0.2) is 54.6 Å². The van der Waals surface area contributed by atoms with E-state index in [-0.39, 0.29) is 5.97 Å². The second-order valence-corrected chi connectivity index (χ2v) is 5.19. The summed E-state index contributed by atoms with van der Waals surface area (Å²) in [7, 11) is 1.43. The van der Waals surface area contributed by atoms with Crippen molar-refractivity contribution in [3.8, 4) is 0 Å². The maximum atomic E-state index is 11.6. The number of carbonyl (C=O) groups excluding carboxylic acids is 1. The third-order valence-corrected chi connectivity index (χ3v) is 3.36. The first-order valence-corrected chi connectivity index (χ1v) is 7.06. The summed E-state index contributed by atoms with van der Waals surface area (Å²) in [6, 6.07) is 18.5. The summed E-state index contributed by atoms with van der Waals surface area (Å²) in [4.78, 5) is 13.7. The van der Waals surface area contributed by atoms with Gasteiger partial charge in [-0.05, 0) is 18.1 Å². The minimum absolute atomic E-state index is 0.210. The number of rotatable bonds is 6. The predicted octanol–water partition coefficient (Wildman–Crippen LogP) is 3.17. The van der Waals surface area contributed by atoms with Gasteiger partial charge in [-0.1, -0.05) is 60.2 Å². The molecule has 0 atom stereocenters. The molecule has 0 amide bonds. The lowest BCUT2D eigenvalue weighted by Gasteiger charge is -2.21. The molecule has 3 heteroatoms. The topological polar surface area (TPSA) is 29.5 Å². The number of nitrogens with zero attached hydrogens (tertiary/aromatic N) is 1. The highest BCUT2D eigenvalue weighted by molar-refractivity contribution is 5.71. The molecule has 0 aliphatic carbocycles. The first kappa shape index (κ1) is 15.3. The van der Waals surface area contributed by atoms with Gasteiger partial charge in [0, 0.05) is 13.1 Å². The van der Waals surface area contributed by atoms with Crippen molar-refractivity contribution >= 4 is 5.97 Å². The monoisotopic (exact) mass is 283 g/mol. The van der Waals surface area contributed by atoms with Gasteiger partial charge in [0.1, 0.15) is 0 Å². The molecule has 0 radical (unpaired) electrons. The lowest BCUT2D eigenvalue weighted by molar-refractivity contribution is -0.142. The van der Waals surface area contributed by atoms with Gasteiger partial charge in [0.2, 0.25) is 0 Å². The zero-order valence-electron chi connectivity index (χ0n) is 12.6. The van der Waals surface area contributed by atoms with E-state index in [9.17, 15) is 4.79 Å². The molecule has 21 heavy (non-hydrogen) atoms. The smallest absolute Gasteiger partial charge is 0.319 e. The largest absolute Gasteiger partial charge is 0.468 e. The van der Waals surface area contributed by atoms with Crippen molar-refractivity contribution in [1.82, 2.24) is 4.90 Å². The number of aryl methyl sites for hydroxylation is 1. The number of methoxy groups -OCH3 is 1. The summed E-state index contributed by atoms with van der Waals surface area (Å²) in [5.41, 5.74) is 3.62. The number of esters is 1. The fourth-order valence-electron chi connectivity index (χ4n) is 2.21. The molecule has 0 aromatic heterocycles. The summed E-state index contributed by atoms with van der Waals surface area (Å²) < 4.78 is 4.79. The van der Waals surface area contributed by atoms with E-state index in [1.807, 2.05) is 18.2 Å². The van der Waals surface area contributed by atoms with Crippen molar-refractivity contribution in [1.29, 1.82) is 0 Å². The molecule has 0 saturated heterocycles. The summed E-state index contributed by atoms with van der Waals surface area (Å²) in [5.74, 6) is -0.210. The van der Waals surface area contributed by atoms with Crippen LogP contribution in [-0.2, 0) is 22.6 Å². The van der Waals surface area contributed by atoms with Crippen molar-refractivity contribution in [2.24, 2.45) is 0 Å². The van der Waals surface area contributed by atoms with Gasteiger partial charge in [0.05, 0.1) is 13.7 Å². The SMILES string of the molecule is COC(=O)CN(Cc1ccccc1)Cc1ccc(C)cc1. The van der Waals surface area contributed by atoms with Gasteiger partial charge < -0.3 is 4.74 Å². The van der Waals surface area contributed by atoms with Gasteiger partial charge in [0.15, 0.2) is 0 Å². The van der Waals surface area contributed by atoms with Crippen molar-refractivity contribution in [2.45, 2.75) is 20.0 Å². The van der Waals surface area contributed by atoms with Crippen LogP contribution in [0.5, 0.6) is 0 Å². The Morgan fingerprint density at radius 3 is 2.10 bits per heavy atom. The third kappa shape index (κ3) is 5.04. The molecule has 0 N–H and O–H groups in total. The van der Waals surface area contributed by atoms with Crippen LogP contribution >= 0.6 is 0 Å². The van der Waals surface area contributed by atoms with Crippen LogP contribution in [0.1, 0.15) is 16.7 Å². The number of benzene rings is 2. The van der Waals surface area contributed by atoms with E-state index in [4.69, 9.17) is 4.74 Å². The van der Waals surface area contributed by atoms with Gasteiger partial charge in [-0.2, -0.15) is 0 Å². The van der Waals surface area contributed by atoms with Crippen LogP contribution in [-0.4, -0.2) is 24.5 Å². The maximum Gasteiger partial charge on any atom is 0.319 e. The van der Waals surface area contributed by atoms with E-state index in [0.717, 1.165) is 13.1 Å². The maximum absolute atomic E-state index is 11.6. The molecular formula is C18H21NO2. The molecule has 0 saturated carbocycles. The molecule has 2 aromatic carbocycles. The molecular weight excluding hydrogens is 262 g/mol. The van der Waals surface area contributed by atoms with Crippen LogP contribution in [0.25, 0.3) is 0 Å². The number of carbonyl (C=O) groups is 1. The fraction of sp³-hybridized carbons (Fsp3) is 0.278. The predicted molar refractivity (Wildman–Crippen MR) is 83.8 cm³/mol. The molecule has 0 unspecified atom stereocenters. The van der Waals surface area contributed by atoms with E-state index in [1.54, 1.807) is 0 Å². The van der Waals surface area contributed by atoms with Gasteiger partial charge in [-0.15, -0.1) is 0 Å². The summed E-state index contributed by atoms with van der Waals surface area (Å²) in [5, 5.41) is 0. The molecule has 0 fully saturated rings. The van der Waals surface area contributed by atoms with Crippen molar-refractivity contribution in [2.75, 3.05) is 13.7 Å². The van der Waals surface area contributed by atoms with Gasteiger partial charge in [-0.3, -0.25) is 9.69 Å². The highest BCUT2D eigenvalue weighted by Gasteiger charge is 2.12. The van der Waals surface area contributed by atoms with E-state index < -0.39 is 0 Å². The lowest BCUT2D eigenvalue weighted by atomic mass is 10.1. The Bertz CT molecular complexity index is 564. The standard InChI is InChI=1S/C18H21NO2/c1-15-8-10-17(11-9-15)13-19(14-18(20)21-2)12-16-6-4-3-5-7-16/h3-11H,12-14H2,1-2H3. The van der Waals surface area contributed by atoms with E-state index >= 15 is 0 Å². The van der Waals surface area contributed by atoms with E-state index in [1.165, 1.54) is 23.8 Å². The lowest BCUT2D eigenvalue weighted by Crippen LogP contribution is -2.29. The van der Waals surface area contributed by atoms with Crippen molar-refractivity contribution in [3.05, 3.63) is 71.3 Å². The Morgan fingerprint density at radius 2 is 1.52 bits per heavy atom. The van der Waals surface area contributed by atoms with Crippen LogP contribution in [0.3, 0.4) is 0 Å². The fourth-order valence-corrected chi connectivity index (χ4v) is 2.21.